The van der Waals surface area contributed by atoms with Gasteiger partial charge in [-0.05, 0) is 95.1 Å². The molecule has 50 heavy (non-hydrogen) atoms. The van der Waals surface area contributed by atoms with E-state index in [0.717, 1.165) is 16.3 Å². The normalized spacial score (nSPS) is 12.0. The van der Waals surface area contributed by atoms with E-state index in [9.17, 15) is 0 Å². The van der Waals surface area contributed by atoms with Gasteiger partial charge in [0.15, 0.2) is 4.90 Å². The van der Waals surface area contributed by atoms with Crippen molar-refractivity contribution in [2.75, 3.05) is 0 Å². The van der Waals surface area contributed by atoms with Crippen LogP contribution in [0.15, 0.2) is 174 Å². The van der Waals surface area contributed by atoms with Crippen LogP contribution in [0.2, 0.25) is 0 Å². The summed E-state index contributed by atoms with van der Waals surface area (Å²) in [5.41, 5.74) is 11.9. The molecule has 0 saturated heterocycles. The zero-order valence-corrected chi connectivity index (χ0v) is 27.7. The third-order valence-electron chi connectivity index (χ3n) is 10.2. The molecule has 7 aromatic carbocycles. The lowest BCUT2D eigenvalue weighted by Gasteiger charge is -2.12. The zero-order chi connectivity index (χ0) is 32.8. The minimum atomic E-state index is 0.982. The summed E-state index contributed by atoms with van der Waals surface area (Å²) in [6.45, 7) is 0. The Hall–Kier alpha value is -6.36. The molecule has 0 aliphatic carbocycles. The van der Waals surface area contributed by atoms with Crippen molar-refractivity contribution in [2.24, 2.45) is 0 Å². The van der Waals surface area contributed by atoms with Crippen LogP contribution in [0.4, 0.5) is 0 Å². The molecular formula is C46H28N2OS. The summed E-state index contributed by atoms with van der Waals surface area (Å²) in [6, 6.07) is 59.7. The summed E-state index contributed by atoms with van der Waals surface area (Å²) in [7, 11) is 0. The Morgan fingerprint density at radius 1 is 0.360 bits per heavy atom. The average molecular weight is 657 g/mol. The van der Waals surface area contributed by atoms with Crippen molar-refractivity contribution in [2.45, 2.75) is 0 Å². The number of thiophene rings is 1. The molecule has 3 nitrogen and oxygen atoms in total. The van der Waals surface area contributed by atoms with Crippen molar-refractivity contribution >= 4 is 75.3 Å². The van der Waals surface area contributed by atoms with Crippen molar-refractivity contribution in [1.29, 1.82) is 0 Å². The molecule has 11 rings (SSSR count). The fraction of sp³-hybridized carbons (Fsp3) is 0. The Labute approximate surface area is 291 Å². The summed E-state index contributed by atoms with van der Waals surface area (Å²) in [5.74, 6) is 0. The van der Waals surface area contributed by atoms with Crippen LogP contribution in [0.3, 0.4) is 0 Å². The maximum atomic E-state index is 5.69. The van der Waals surface area contributed by atoms with Crippen molar-refractivity contribution < 1.29 is 4.42 Å². The van der Waals surface area contributed by atoms with Crippen LogP contribution < -0.4 is 0 Å². The predicted molar refractivity (Wildman–Crippen MR) is 211 cm³/mol. The monoisotopic (exact) mass is 656 g/mol. The summed E-state index contributed by atoms with van der Waals surface area (Å²) in [5, 5.41) is 7.46. The second-order valence-electron chi connectivity index (χ2n) is 13.0. The van der Waals surface area contributed by atoms with E-state index in [1.807, 2.05) is 0 Å². The average Bonchev–Trinajstić information content (AvgIpc) is 3.94. The summed E-state index contributed by atoms with van der Waals surface area (Å²) in [4.78, 5) is 0.982. The maximum absolute atomic E-state index is 5.69. The highest BCUT2D eigenvalue weighted by molar-refractivity contribution is 7.25. The number of benzene rings is 7. The molecule has 0 unspecified atom stereocenters. The van der Waals surface area contributed by atoms with Gasteiger partial charge in [0.05, 0.1) is 28.3 Å². The van der Waals surface area contributed by atoms with Crippen molar-refractivity contribution in [3.8, 4) is 33.6 Å². The van der Waals surface area contributed by atoms with Gasteiger partial charge in [0.2, 0.25) is 0 Å². The third-order valence-corrected chi connectivity index (χ3v) is 11.3. The van der Waals surface area contributed by atoms with Crippen LogP contribution in [0, 0.1) is 0 Å². The molecular weight excluding hydrogens is 629 g/mol. The molecule has 4 heteroatoms. The van der Waals surface area contributed by atoms with E-state index in [2.05, 4.69) is 173 Å². The SMILES string of the molecule is c1cc(-c2cccc(-n3c4ccccc4c4cc(-n5c6ccccc6c6ccccc65)ccc43)c2)cc(-c2ccc3sc4occc4c3c2)c1. The molecule has 11 aromatic rings. The number of hydrogen-bond donors (Lipinski definition) is 0. The van der Waals surface area contributed by atoms with Crippen LogP contribution in [0.25, 0.3) is 97.6 Å². The Morgan fingerprint density at radius 2 is 0.920 bits per heavy atom. The fourth-order valence-electron chi connectivity index (χ4n) is 7.96. The fourth-order valence-corrected chi connectivity index (χ4v) is 8.97. The van der Waals surface area contributed by atoms with E-state index in [1.165, 1.54) is 81.3 Å². The standard InChI is InChI=1S/C46H28N2OS/c1-4-16-41-35(13-1)36-14-2-5-17-42(36)48(41)34-20-21-44-39(28-34)37-15-3-6-18-43(37)47(44)33-12-8-11-31(26-33)29-9-7-10-30(25-29)32-19-22-45-40(27-32)38-23-24-49-46(38)50-45/h1-28H. The number of fused-ring (bicyclic) bond motifs is 9. The van der Waals surface area contributed by atoms with Gasteiger partial charge in [0.1, 0.15) is 0 Å². The molecule has 4 heterocycles. The second kappa shape index (κ2) is 10.6. The summed E-state index contributed by atoms with van der Waals surface area (Å²) >= 11 is 1.70. The number of aromatic nitrogens is 2. The first kappa shape index (κ1) is 27.6. The highest BCUT2D eigenvalue weighted by Crippen LogP contribution is 2.39. The molecule has 0 radical (unpaired) electrons. The largest absolute Gasteiger partial charge is 0.454 e. The van der Waals surface area contributed by atoms with Gasteiger partial charge < -0.3 is 13.6 Å². The Morgan fingerprint density at radius 3 is 1.62 bits per heavy atom. The maximum Gasteiger partial charge on any atom is 0.188 e. The molecule has 0 amide bonds. The Bertz CT molecular complexity index is 3060. The topological polar surface area (TPSA) is 23.0 Å². The van der Waals surface area contributed by atoms with Crippen LogP contribution in [-0.4, -0.2) is 9.13 Å². The molecule has 0 bridgehead atoms. The molecule has 0 saturated carbocycles. The highest BCUT2D eigenvalue weighted by Gasteiger charge is 2.17. The first-order valence-electron chi connectivity index (χ1n) is 16.9. The van der Waals surface area contributed by atoms with Crippen LogP contribution in [0.5, 0.6) is 0 Å². The first-order valence-corrected chi connectivity index (χ1v) is 17.7. The molecule has 0 aliphatic heterocycles. The van der Waals surface area contributed by atoms with Gasteiger partial charge in [0.25, 0.3) is 0 Å². The van der Waals surface area contributed by atoms with Gasteiger partial charge in [-0.15, -0.1) is 0 Å². The molecule has 4 aromatic heterocycles. The summed E-state index contributed by atoms with van der Waals surface area (Å²) in [6.07, 6.45) is 1.78. The second-order valence-corrected chi connectivity index (χ2v) is 14.0. The number of furan rings is 1. The lowest BCUT2D eigenvalue weighted by Crippen LogP contribution is -1.96. The van der Waals surface area contributed by atoms with Crippen molar-refractivity contribution in [1.82, 2.24) is 9.13 Å². The lowest BCUT2D eigenvalue weighted by molar-refractivity contribution is 0.624. The van der Waals surface area contributed by atoms with Gasteiger partial charge in [-0.2, -0.15) is 0 Å². The molecule has 0 spiro atoms. The Balaban J connectivity index is 1.05. The van der Waals surface area contributed by atoms with Gasteiger partial charge in [-0.25, -0.2) is 0 Å². The van der Waals surface area contributed by atoms with E-state index in [1.54, 1.807) is 17.6 Å². The van der Waals surface area contributed by atoms with E-state index < -0.39 is 0 Å². The zero-order valence-electron chi connectivity index (χ0n) is 26.9. The van der Waals surface area contributed by atoms with Gasteiger partial charge >= 0.3 is 0 Å². The van der Waals surface area contributed by atoms with E-state index in [4.69, 9.17) is 4.42 Å². The minimum Gasteiger partial charge on any atom is -0.454 e. The third kappa shape index (κ3) is 4.03. The number of hydrogen-bond acceptors (Lipinski definition) is 2. The van der Waals surface area contributed by atoms with E-state index in [0.29, 0.717) is 0 Å². The number of nitrogens with zero attached hydrogens (tertiary/aromatic N) is 2. The molecule has 0 fully saturated rings. The van der Waals surface area contributed by atoms with Crippen LogP contribution in [0.1, 0.15) is 0 Å². The molecule has 0 atom stereocenters. The van der Waals surface area contributed by atoms with Gasteiger partial charge in [-0.1, -0.05) is 102 Å². The van der Waals surface area contributed by atoms with E-state index in [-0.39, 0.29) is 0 Å². The van der Waals surface area contributed by atoms with Crippen molar-refractivity contribution in [3.05, 3.63) is 170 Å². The predicted octanol–water partition coefficient (Wildman–Crippen LogP) is 13.2. The van der Waals surface area contributed by atoms with Crippen LogP contribution >= 0.6 is 11.3 Å². The quantitative estimate of drug-likeness (QED) is 0.185. The molecule has 0 N–H and O–H groups in total. The minimum absolute atomic E-state index is 0.982. The van der Waals surface area contributed by atoms with Crippen LogP contribution in [-0.2, 0) is 0 Å². The molecule has 234 valence electrons. The molecule has 0 aliphatic rings. The highest BCUT2D eigenvalue weighted by atomic mass is 32.1. The van der Waals surface area contributed by atoms with E-state index >= 15 is 0 Å². The smallest absolute Gasteiger partial charge is 0.188 e. The first-order chi connectivity index (χ1) is 24.8. The van der Waals surface area contributed by atoms with Gasteiger partial charge in [0, 0.05) is 48.4 Å². The number of rotatable bonds is 4. The van der Waals surface area contributed by atoms with Crippen molar-refractivity contribution in [3.63, 3.8) is 0 Å². The lowest BCUT2D eigenvalue weighted by atomic mass is 9.98. The number of para-hydroxylation sites is 3. The van der Waals surface area contributed by atoms with Gasteiger partial charge in [-0.3, -0.25) is 0 Å². The summed E-state index contributed by atoms with van der Waals surface area (Å²) < 4.78 is 11.8. The Kier molecular flexibility index (Phi) is 5.83.